The fourth-order valence-corrected chi connectivity index (χ4v) is 2.71. The molecule has 1 aliphatic rings. The predicted molar refractivity (Wildman–Crippen MR) is 75.7 cm³/mol. The first-order valence-electron chi connectivity index (χ1n) is 6.74. The lowest BCUT2D eigenvalue weighted by Gasteiger charge is -2.16. The van der Waals surface area contributed by atoms with Crippen molar-refractivity contribution < 1.29 is 9.47 Å². The number of hydrogen-bond donors (Lipinski definition) is 1. The minimum atomic E-state index is 0.269. The standard InChI is InChI=1S/C15H20N2O2/c1-17-14-5-4-12(18-2)8-11(14)9-15(17)13-10-19-7-3-6-16-13/h4-5,8-9,13,16H,3,6-7,10H2,1-2H3. The van der Waals surface area contributed by atoms with E-state index in [0.717, 1.165) is 31.9 Å². The molecule has 1 N–H and O–H groups in total. The molecule has 4 heteroatoms. The minimum Gasteiger partial charge on any atom is -0.497 e. The summed E-state index contributed by atoms with van der Waals surface area (Å²) in [6.07, 6.45) is 1.08. The Morgan fingerprint density at radius 3 is 3.11 bits per heavy atom. The van der Waals surface area contributed by atoms with Gasteiger partial charge in [0, 0.05) is 30.3 Å². The monoisotopic (exact) mass is 260 g/mol. The minimum absolute atomic E-state index is 0.269. The smallest absolute Gasteiger partial charge is 0.119 e. The maximum absolute atomic E-state index is 5.66. The highest BCUT2D eigenvalue weighted by Crippen LogP contribution is 2.27. The molecule has 1 saturated heterocycles. The maximum atomic E-state index is 5.66. The molecule has 0 spiro atoms. The van der Waals surface area contributed by atoms with Crippen molar-refractivity contribution >= 4 is 10.9 Å². The quantitative estimate of drug-likeness (QED) is 0.899. The van der Waals surface area contributed by atoms with Gasteiger partial charge in [0.2, 0.25) is 0 Å². The molecule has 102 valence electrons. The number of nitrogens with one attached hydrogen (secondary N) is 1. The van der Waals surface area contributed by atoms with E-state index in [1.165, 1.54) is 16.6 Å². The van der Waals surface area contributed by atoms with Crippen LogP contribution in [0.1, 0.15) is 18.2 Å². The van der Waals surface area contributed by atoms with Crippen LogP contribution in [0.2, 0.25) is 0 Å². The topological polar surface area (TPSA) is 35.4 Å². The first-order valence-corrected chi connectivity index (χ1v) is 6.74. The zero-order chi connectivity index (χ0) is 13.2. The van der Waals surface area contributed by atoms with E-state index >= 15 is 0 Å². The number of aryl methyl sites for hydroxylation is 1. The van der Waals surface area contributed by atoms with E-state index in [9.17, 15) is 0 Å². The molecule has 1 aliphatic heterocycles. The largest absolute Gasteiger partial charge is 0.497 e. The predicted octanol–water partition coefficient (Wildman–Crippen LogP) is 2.24. The Labute approximate surface area is 113 Å². The molecule has 1 aromatic heterocycles. The van der Waals surface area contributed by atoms with Gasteiger partial charge in [0.05, 0.1) is 19.8 Å². The lowest BCUT2D eigenvalue weighted by atomic mass is 10.2. The van der Waals surface area contributed by atoms with E-state index in [1.807, 2.05) is 6.07 Å². The molecule has 0 saturated carbocycles. The van der Waals surface area contributed by atoms with E-state index in [0.29, 0.717) is 0 Å². The zero-order valence-corrected chi connectivity index (χ0v) is 11.5. The molecule has 1 atom stereocenters. The SMILES string of the molecule is COc1ccc2c(c1)cc(C1COCCCN1)n2C. The van der Waals surface area contributed by atoms with Gasteiger partial charge in [0.1, 0.15) is 5.75 Å². The van der Waals surface area contributed by atoms with E-state index in [-0.39, 0.29) is 6.04 Å². The summed E-state index contributed by atoms with van der Waals surface area (Å²) >= 11 is 0. The Hall–Kier alpha value is -1.52. The van der Waals surface area contributed by atoms with Crippen LogP contribution in [-0.2, 0) is 11.8 Å². The van der Waals surface area contributed by atoms with Gasteiger partial charge in [-0.25, -0.2) is 0 Å². The van der Waals surface area contributed by atoms with Gasteiger partial charge in [-0.3, -0.25) is 0 Å². The van der Waals surface area contributed by atoms with Gasteiger partial charge < -0.3 is 19.4 Å². The molecule has 1 fully saturated rings. The first kappa shape index (κ1) is 12.5. The average Bonchev–Trinajstić information content (AvgIpc) is 2.64. The van der Waals surface area contributed by atoms with Gasteiger partial charge in [-0.2, -0.15) is 0 Å². The highest BCUT2D eigenvalue weighted by atomic mass is 16.5. The van der Waals surface area contributed by atoms with Crippen molar-refractivity contribution in [2.24, 2.45) is 7.05 Å². The number of rotatable bonds is 2. The Morgan fingerprint density at radius 2 is 2.26 bits per heavy atom. The summed E-state index contributed by atoms with van der Waals surface area (Å²) in [7, 11) is 3.81. The average molecular weight is 260 g/mol. The normalized spacial score (nSPS) is 20.4. The van der Waals surface area contributed by atoms with E-state index < -0.39 is 0 Å². The van der Waals surface area contributed by atoms with Crippen LogP contribution in [0.3, 0.4) is 0 Å². The summed E-state index contributed by atoms with van der Waals surface area (Å²) in [4.78, 5) is 0. The third kappa shape index (κ3) is 2.33. The molecule has 0 radical (unpaired) electrons. The third-order valence-electron chi connectivity index (χ3n) is 3.78. The van der Waals surface area contributed by atoms with Gasteiger partial charge in [-0.15, -0.1) is 0 Å². The van der Waals surface area contributed by atoms with Gasteiger partial charge in [-0.1, -0.05) is 0 Å². The fraction of sp³-hybridized carbons (Fsp3) is 0.467. The van der Waals surface area contributed by atoms with Crippen LogP contribution in [-0.4, -0.2) is 31.4 Å². The molecular formula is C15H20N2O2. The van der Waals surface area contributed by atoms with Crippen molar-refractivity contribution in [3.8, 4) is 5.75 Å². The third-order valence-corrected chi connectivity index (χ3v) is 3.78. The number of ether oxygens (including phenoxy) is 2. The van der Waals surface area contributed by atoms with Crippen molar-refractivity contribution in [2.45, 2.75) is 12.5 Å². The van der Waals surface area contributed by atoms with E-state index in [4.69, 9.17) is 9.47 Å². The fourth-order valence-electron chi connectivity index (χ4n) is 2.71. The van der Waals surface area contributed by atoms with Crippen LogP contribution in [0.5, 0.6) is 5.75 Å². The number of methoxy groups -OCH3 is 1. The second kappa shape index (κ2) is 5.23. The molecular weight excluding hydrogens is 240 g/mol. The lowest BCUT2D eigenvalue weighted by molar-refractivity contribution is 0.130. The van der Waals surface area contributed by atoms with E-state index in [2.05, 4.69) is 35.1 Å². The van der Waals surface area contributed by atoms with Gasteiger partial charge in [-0.05, 0) is 37.2 Å². The Kier molecular flexibility index (Phi) is 3.44. The maximum Gasteiger partial charge on any atom is 0.119 e. The summed E-state index contributed by atoms with van der Waals surface area (Å²) in [5, 5.41) is 4.76. The summed E-state index contributed by atoms with van der Waals surface area (Å²) in [5.41, 5.74) is 2.49. The molecule has 4 nitrogen and oxygen atoms in total. The van der Waals surface area contributed by atoms with Gasteiger partial charge in [0.25, 0.3) is 0 Å². The summed E-state index contributed by atoms with van der Waals surface area (Å²) in [6.45, 7) is 2.60. The number of hydrogen-bond acceptors (Lipinski definition) is 3. The molecule has 19 heavy (non-hydrogen) atoms. The Balaban J connectivity index is 2.00. The molecule has 2 heterocycles. The molecule has 0 bridgehead atoms. The Bertz CT molecular complexity index is 569. The second-order valence-corrected chi connectivity index (χ2v) is 4.99. The first-order chi connectivity index (χ1) is 9.29. The van der Waals surface area contributed by atoms with Crippen LogP contribution in [0.4, 0.5) is 0 Å². The van der Waals surface area contributed by atoms with Gasteiger partial charge >= 0.3 is 0 Å². The number of fused-ring (bicyclic) bond motifs is 1. The number of aromatic nitrogens is 1. The molecule has 1 aromatic carbocycles. The van der Waals surface area contributed by atoms with Crippen molar-refractivity contribution in [2.75, 3.05) is 26.9 Å². The van der Waals surface area contributed by atoms with Crippen LogP contribution in [0.15, 0.2) is 24.3 Å². The van der Waals surface area contributed by atoms with Crippen molar-refractivity contribution in [1.29, 1.82) is 0 Å². The highest BCUT2D eigenvalue weighted by Gasteiger charge is 2.18. The number of nitrogens with zero attached hydrogens (tertiary/aromatic N) is 1. The summed E-state index contributed by atoms with van der Waals surface area (Å²) in [5.74, 6) is 0.898. The molecule has 1 unspecified atom stereocenters. The van der Waals surface area contributed by atoms with Crippen LogP contribution in [0.25, 0.3) is 10.9 Å². The summed E-state index contributed by atoms with van der Waals surface area (Å²) < 4.78 is 13.2. The molecule has 0 aliphatic carbocycles. The molecule has 2 aromatic rings. The van der Waals surface area contributed by atoms with Crippen molar-refractivity contribution in [3.63, 3.8) is 0 Å². The van der Waals surface area contributed by atoms with Crippen LogP contribution < -0.4 is 10.1 Å². The van der Waals surface area contributed by atoms with Crippen LogP contribution >= 0.6 is 0 Å². The summed E-state index contributed by atoms with van der Waals surface area (Å²) in [6, 6.07) is 8.68. The number of benzene rings is 1. The molecule has 3 rings (SSSR count). The van der Waals surface area contributed by atoms with Crippen LogP contribution in [0, 0.1) is 0 Å². The zero-order valence-electron chi connectivity index (χ0n) is 11.5. The lowest BCUT2D eigenvalue weighted by Crippen LogP contribution is -2.25. The van der Waals surface area contributed by atoms with Crippen molar-refractivity contribution in [1.82, 2.24) is 9.88 Å². The van der Waals surface area contributed by atoms with Gasteiger partial charge in [0.15, 0.2) is 0 Å². The second-order valence-electron chi connectivity index (χ2n) is 4.99. The van der Waals surface area contributed by atoms with E-state index in [1.54, 1.807) is 7.11 Å². The highest BCUT2D eigenvalue weighted by molar-refractivity contribution is 5.83. The van der Waals surface area contributed by atoms with Crippen molar-refractivity contribution in [3.05, 3.63) is 30.0 Å². The molecule has 0 amide bonds. The Morgan fingerprint density at radius 1 is 1.37 bits per heavy atom.